The molecule has 1 aromatic carbocycles. The number of hydrogen-bond acceptors (Lipinski definition) is 2. The highest BCUT2D eigenvalue weighted by atomic mass is 19.4. The van der Waals surface area contributed by atoms with E-state index < -0.39 is 11.7 Å². The van der Waals surface area contributed by atoms with Crippen molar-refractivity contribution in [1.29, 1.82) is 0 Å². The van der Waals surface area contributed by atoms with Crippen molar-refractivity contribution in [3.63, 3.8) is 0 Å². The van der Waals surface area contributed by atoms with Gasteiger partial charge in [0.25, 0.3) is 0 Å². The fourth-order valence-corrected chi connectivity index (χ4v) is 5.34. The van der Waals surface area contributed by atoms with Crippen LogP contribution in [0.5, 0.6) is 0 Å². The van der Waals surface area contributed by atoms with E-state index in [0.29, 0.717) is 6.04 Å². The molecule has 0 bridgehead atoms. The lowest BCUT2D eigenvalue weighted by Crippen LogP contribution is -2.44. The number of alkyl halides is 3. The van der Waals surface area contributed by atoms with Crippen molar-refractivity contribution in [3.8, 4) is 0 Å². The van der Waals surface area contributed by atoms with Gasteiger partial charge in [-0.2, -0.15) is 13.2 Å². The zero-order valence-corrected chi connectivity index (χ0v) is 19.5. The van der Waals surface area contributed by atoms with Gasteiger partial charge in [-0.25, -0.2) is 0 Å². The first-order valence-corrected chi connectivity index (χ1v) is 11.7. The van der Waals surface area contributed by atoms with E-state index in [4.69, 9.17) is 4.74 Å². The summed E-state index contributed by atoms with van der Waals surface area (Å²) in [5, 5.41) is 0. The molecule has 0 aromatic heterocycles. The molecule has 2 saturated heterocycles. The van der Waals surface area contributed by atoms with E-state index in [-0.39, 0.29) is 5.41 Å². The first-order valence-electron chi connectivity index (χ1n) is 11.7. The average Bonchev–Trinajstić information content (AvgIpc) is 2.73. The average molecular weight is 438 g/mol. The van der Waals surface area contributed by atoms with Gasteiger partial charge in [-0.15, -0.1) is 0 Å². The molecule has 3 rings (SSSR count). The maximum Gasteiger partial charge on any atom is 0.416 e. The maximum absolute atomic E-state index is 13.0. The Morgan fingerprint density at radius 2 is 1.48 bits per heavy atom. The molecule has 0 N–H and O–H groups in total. The van der Waals surface area contributed by atoms with Crippen LogP contribution >= 0.6 is 0 Å². The van der Waals surface area contributed by atoms with E-state index in [2.05, 4.69) is 38.7 Å². The van der Waals surface area contributed by atoms with E-state index >= 15 is 0 Å². The third-order valence-electron chi connectivity index (χ3n) is 7.21. The Hall–Kier alpha value is -1.33. The van der Waals surface area contributed by atoms with Crippen LogP contribution in [-0.4, -0.2) is 37.2 Å². The highest BCUT2D eigenvalue weighted by Crippen LogP contribution is 2.37. The van der Waals surface area contributed by atoms with Gasteiger partial charge in [-0.3, -0.25) is 4.90 Å². The summed E-state index contributed by atoms with van der Waals surface area (Å²) in [7, 11) is 0. The largest absolute Gasteiger partial charge is 0.416 e. The fourth-order valence-electron chi connectivity index (χ4n) is 5.34. The number of rotatable bonds is 6. The smallest absolute Gasteiger partial charge is 0.381 e. The molecule has 31 heavy (non-hydrogen) atoms. The van der Waals surface area contributed by atoms with Gasteiger partial charge >= 0.3 is 6.18 Å². The molecular weight excluding hydrogens is 399 g/mol. The van der Waals surface area contributed by atoms with E-state index in [1.54, 1.807) is 12.1 Å². The second-order valence-electron chi connectivity index (χ2n) is 10.3. The summed E-state index contributed by atoms with van der Waals surface area (Å²) in [5.74, 6) is 1.61. The summed E-state index contributed by atoms with van der Waals surface area (Å²) >= 11 is 0. The monoisotopic (exact) mass is 437 g/mol. The Morgan fingerprint density at radius 3 is 2.00 bits per heavy atom. The topological polar surface area (TPSA) is 12.5 Å². The standard InChI is InChI=1S/C26H38F3NO/c1-19(2)17-24(30-13-9-20(10-14-30)21-11-15-31-16-12-21)18-25(3,4)22-5-7-23(8-6-22)26(27,28)29/h5-8,17,20-21,24H,9-16,18H2,1-4H3/t24-/m1/s1. The minimum Gasteiger partial charge on any atom is -0.381 e. The Kier molecular flexibility index (Phi) is 7.90. The lowest BCUT2D eigenvalue weighted by atomic mass is 9.76. The first-order chi connectivity index (χ1) is 14.6. The summed E-state index contributed by atoms with van der Waals surface area (Å²) in [6, 6.07) is 6.04. The first kappa shape index (κ1) is 24.3. The number of hydrogen-bond donors (Lipinski definition) is 0. The van der Waals surface area contributed by atoms with Gasteiger partial charge < -0.3 is 4.74 Å². The predicted octanol–water partition coefficient (Wildman–Crippen LogP) is 6.85. The van der Waals surface area contributed by atoms with Gasteiger partial charge in [-0.1, -0.05) is 37.6 Å². The molecule has 2 nitrogen and oxygen atoms in total. The molecule has 5 heteroatoms. The summed E-state index contributed by atoms with van der Waals surface area (Å²) in [6.07, 6.45) is 3.82. The van der Waals surface area contributed by atoms with Crippen molar-refractivity contribution in [2.24, 2.45) is 11.8 Å². The van der Waals surface area contributed by atoms with Crippen LogP contribution in [0.15, 0.2) is 35.9 Å². The van der Waals surface area contributed by atoms with Gasteiger partial charge in [0, 0.05) is 19.3 Å². The molecule has 2 fully saturated rings. The van der Waals surface area contributed by atoms with Crippen LogP contribution in [-0.2, 0) is 16.3 Å². The Morgan fingerprint density at radius 1 is 0.968 bits per heavy atom. The zero-order valence-electron chi connectivity index (χ0n) is 19.5. The van der Waals surface area contributed by atoms with Crippen molar-refractivity contribution in [2.45, 2.75) is 77.4 Å². The number of allylic oxidation sites excluding steroid dienone is 1. The fraction of sp³-hybridized carbons (Fsp3) is 0.692. The van der Waals surface area contributed by atoms with Gasteiger partial charge in [-0.05, 0) is 94.0 Å². The van der Waals surface area contributed by atoms with Crippen LogP contribution in [0, 0.1) is 11.8 Å². The normalized spacial score (nSPS) is 21.1. The number of ether oxygens (including phenoxy) is 1. The lowest BCUT2D eigenvalue weighted by molar-refractivity contribution is -0.137. The molecule has 0 saturated carbocycles. The van der Waals surface area contributed by atoms with Crippen molar-refractivity contribution < 1.29 is 17.9 Å². The van der Waals surface area contributed by atoms with E-state index in [1.165, 1.54) is 43.4 Å². The molecular formula is C26H38F3NO. The van der Waals surface area contributed by atoms with Gasteiger partial charge in [0.05, 0.1) is 5.56 Å². The molecule has 0 amide bonds. The van der Waals surface area contributed by atoms with Crippen LogP contribution in [0.1, 0.15) is 70.9 Å². The molecule has 174 valence electrons. The molecule has 2 aliphatic heterocycles. The van der Waals surface area contributed by atoms with Crippen molar-refractivity contribution in [2.75, 3.05) is 26.3 Å². The van der Waals surface area contributed by atoms with Gasteiger partial charge in [0.1, 0.15) is 0 Å². The molecule has 1 aromatic rings. The van der Waals surface area contributed by atoms with Crippen LogP contribution < -0.4 is 0 Å². The van der Waals surface area contributed by atoms with E-state index in [1.807, 2.05) is 0 Å². The predicted molar refractivity (Wildman–Crippen MR) is 120 cm³/mol. The van der Waals surface area contributed by atoms with E-state index in [0.717, 1.165) is 50.1 Å². The highest BCUT2D eigenvalue weighted by molar-refractivity contribution is 5.30. The van der Waals surface area contributed by atoms with Crippen LogP contribution in [0.25, 0.3) is 0 Å². The zero-order chi connectivity index (χ0) is 22.6. The van der Waals surface area contributed by atoms with Crippen LogP contribution in [0.4, 0.5) is 13.2 Å². The minimum absolute atomic E-state index is 0.210. The second kappa shape index (κ2) is 10.1. The van der Waals surface area contributed by atoms with Gasteiger partial charge in [0.15, 0.2) is 0 Å². The third kappa shape index (κ3) is 6.58. The van der Waals surface area contributed by atoms with Crippen LogP contribution in [0.2, 0.25) is 0 Å². The SMILES string of the molecule is CC(C)=C[C@H](CC(C)(C)c1ccc(C(F)(F)F)cc1)N1CCC(C2CCOCC2)CC1. The molecule has 0 unspecified atom stereocenters. The van der Waals surface area contributed by atoms with E-state index in [9.17, 15) is 13.2 Å². The second-order valence-corrected chi connectivity index (χ2v) is 10.3. The molecule has 1 atom stereocenters. The summed E-state index contributed by atoms with van der Waals surface area (Å²) < 4.78 is 44.4. The summed E-state index contributed by atoms with van der Waals surface area (Å²) in [5.41, 5.74) is 1.46. The number of nitrogens with zero attached hydrogens (tertiary/aromatic N) is 1. The molecule has 0 radical (unpaired) electrons. The number of halogens is 3. The summed E-state index contributed by atoms with van der Waals surface area (Å²) in [6.45, 7) is 12.6. The molecule has 0 aliphatic carbocycles. The Balaban J connectivity index is 1.67. The quantitative estimate of drug-likeness (QED) is 0.452. The number of piperidine rings is 1. The van der Waals surface area contributed by atoms with Crippen molar-refractivity contribution >= 4 is 0 Å². The highest BCUT2D eigenvalue weighted by Gasteiger charge is 2.34. The number of likely N-dealkylation sites (tertiary alicyclic amines) is 1. The van der Waals surface area contributed by atoms with Crippen molar-refractivity contribution in [1.82, 2.24) is 4.90 Å². The Bertz CT molecular complexity index is 720. The molecule has 2 heterocycles. The molecule has 2 aliphatic rings. The third-order valence-corrected chi connectivity index (χ3v) is 7.21. The maximum atomic E-state index is 13.0. The van der Waals surface area contributed by atoms with Crippen molar-refractivity contribution in [3.05, 3.63) is 47.0 Å². The van der Waals surface area contributed by atoms with Gasteiger partial charge in [0.2, 0.25) is 0 Å². The molecule has 0 spiro atoms. The number of benzene rings is 1. The van der Waals surface area contributed by atoms with Crippen LogP contribution in [0.3, 0.4) is 0 Å². The lowest BCUT2D eigenvalue weighted by Gasteiger charge is -2.42. The Labute approximate surface area is 185 Å². The minimum atomic E-state index is -4.29. The summed E-state index contributed by atoms with van der Waals surface area (Å²) in [4.78, 5) is 2.59.